The number of unbranched alkanes of at least 4 members (excludes halogenated alkanes) is 3. The lowest BCUT2D eigenvalue weighted by Gasteiger charge is -2.28. The first-order valence-corrected chi connectivity index (χ1v) is 13.4. The third kappa shape index (κ3) is 5.07. The van der Waals surface area contributed by atoms with Gasteiger partial charge in [0.2, 0.25) is 5.76 Å². The summed E-state index contributed by atoms with van der Waals surface area (Å²) < 4.78 is 23.5. The van der Waals surface area contributed by atoms with Crippen molar-refractivity contribution in [1.82, 2.24) is 4.90 Å². The highest BCUT2D eigenvalue weighted by atomic mass is 35.5. The number of carbonyl (C=O) groups excluding carboxylic acids is 1. The van der Waals surface area contributed by atoms with Crippen molar-refractivity contribution in [3.05, 3.63) is 68.5 Å². The third-order valence-corrected chi connectivity index (χ3v) is 7.35. The molecule has 3 heterocycles. The lowest BCUT2D eigenvalue weighted by atomic mass is 9.97. The van der Waals surface area contributed by atoms with Crippen LogP contribution in [0.25, 0.3) is 11.0 Å². The number of benzene rings is 2. The number of fused-ring (bicyclic) bond motifs is 2. The summed E-state index contributed by atoms with van der Waals surface area (Å²) in [5.41, 5.74) is 1.13. The highest BCUT2D eigenvalue weighted by Gasteiger charge is 2.44. The Kier molecular flexibility index (Phi) is 7.72. The van der Waals surface area contributed by atoms with Gasteiger partial charge in [0, 0.05) is 18.2 Å². The topological polar surface area (TPSA) is 78.2 Å². The van der Waals surface area contributed by atoms with E-state index in [1.807, 2.05) is 18.2 Å². The fourth-order valence-corrected chi connectivity index (χ4v) is 5.39. The molecule has 8 heteroatoms. The first-order chi connectivity index (χ1) is 18.0. The average Bonchev–Trinajstić information content (AvgIpc) is 3.51. The van der Waals surface area contributed by atoms with E-state index in [0.717, 1.165) is 37.7 Å². The molecule has 1 amide bonds. The van der Waals surface area contributed by atoms with E-state index in [-0.39, 0.29) is 23.2 Å². The molecule has 2 aliphatic rings. The number of carbonyl (C=O) groups is 1. The van der Waals surface area contributed by atoms with E-state index in [2.05, 4.69) is 6.92 Å². The van der Waals surface area contributed by atoms with Crippen LogP contribution in [0.3, 0.4) is 0 Å². The van der Waals surface area contributed by atoms with Crippen LogP contribution in [0, 0.1) is 0 Å². The molecule has 7 nitrogen and oxygen atoms in total. The molecule has 196 valence electrons. The minimum atomic E-state index is -0.640. The summed E-state index contributed by atoms with van der Waals surface area (Å²) in [5.74, 6) is 0.937. The van der Waals surface area contributed by atoms with Crippen LogP contribution in [-0.2, 0) is 4.74 Å². The van der Waals surface area contributed by atoms with Crippen LogP contribution in [0.4, 0.5) is 0 Å². The van der Waals surface area contributed by atoms with Crippen molar-refractivity contribution < 1.29 is 23.4 Å². The second-order valence-electron chi connectivity index (χ2n) is 9.63. The predicted octanol–water partition coefficient (Wildman–Crippen LogP) is 6.14. The largest absolute Gasteiger partial charge is 0.493 e. The Balaban J connectivity index is 1.55. The molecule has 1 fully saturated rings. The maximum Gasteiger partial charge on any atom is 0.291 e. The molecule has 3 aromatic rings. The fraction of sp³-hybridized carbons (Fsp3) is 0.448. The van der Waals surface area contributed by atoms with Gasteiger partial charge in [-0.3, -0.25) is 9.59 Å². The normalized spacial score (nSPS) is 19.0. The molecule has 0 aliphatic carbocycles. The van der Waals surface area contributed by atoms with E-state index < -0.39 is 6.04 Å². The van der Waals surface area contributed by atoms with Crippen LogP contribution >= 0.6 is 11.6 Å². The number of ether oxygens (including phenoxy) is 3. The van der Waals surface area contributed by atoms with Gasteiger partial charge in [-0.2, -0.15) is 0 Å². The Hall–Kier alpha value is -3.03. The summed E-state index contributed by atoms with van der Waals surface area (Å²) >= 11 is 6.19. The minimum absolute atomic E-state index is 0.0676. The molecule has 2 aromatic carbocycles. The molecule has 0 radical (unpaired) electrons. The molecule has 0 spiro atoms. The molecule has 0 bridgehead atoms. The second-order valence-corrected chi connectivity index (χ2v) is 10.1. The van der Waals surface area contributed by atoms with Crippen molar-refractivity contribution in [1.29, 1.82) is 0 Å². The predicted molar refractivity (Wildman–Crippen MR) is 142 cm³/mol. The van der Waals surface area contributed by atoms with E-state index in [1.54, 1.807) is 30.2 Å². The molecule has 1 saturated heterocycles. The SMILES string of the molecule is CCCCCCOc1ccc(C2c3c(oc4ccc(Cl)cc4c3=O)C(=O)N2CC2CCCO2)cc1OC. The maximum absolute atomic E-state index is 13.7. The van der Waals surface area contributed by atoms with Gasteiger partial charge in [0.1, 0.15) is 5.58 Å². The van der Waals surface area contributed by atoms with E-state index in [0.29, 0.717) is 52.8 Å². The molecule has 2 atom stereocenters. The van der Waals surface area contributed by atoms with E-state index in [4.69, 9.17) is 30.2 Å². The maximum atomic E-state index is 13.7. The first-order valence-electron chi connectivity index (χ1n) is 13.0. The monoisotopic (exact) mass is 525 g/mol. The Morgan fingerprint density at radius 1 is 1.08 bits per heavy atom. The van der Waals surface area contributed by atoms with E-state index in [9.17, 15) is 9.59 Å². The Morgan fingerprint density at radius 2 is 1.95 bits per heavy atom. The molecule has 2 unspecified atom stereocenters. The van der Waals surface area contributed by atoms with Crippen molar-refractivity contribution >= 4 is 28.5 Å². The van der Waals surface area contributed by atoms with Crippen LogP contribution in [-0.4, -0.2) is 43.8 Å². The van der Waals surface area contributed by atoms with Gasteiger partial charge in [0.15, 0.2) is 16.9 Å². The van der Waals surface area contributed by atoms with E-state index >= 15 is 0 Å². The number of methoxy groups -OCH3 is 1. The fourth-order valence-electron chi connectivity index (χ4n) is 5.22. The number of hydrogen-bond donors (Lipinski definition) is 0. The highest BCUT2D eigenvalue weighted by molar-refractivity contribution is 6.31. The summed E-state index contributed by atoms with van der Waals surface area (Å²) in [5, 5.41) is 0.779. The quantitative estimate of drug-likeness (QED) is 0.296. The Labute approximate surface area is 221 Å². The third-order valence-electron chi connectivity index (χ3n) is 7.11. The van der Waals surface area contributed by atoms with Crippen molar-refractivity contribution in [2.45, 2.75) is 57.6 Å². The van der Waals surface area contributed by atoms with Crippen LogP contribution in [0.15, 0.2) is 45.6 Å². The second kappa shape index (κ2) is 11.2. The zero-order valence-corrected chi connectivity index (χ0v) is 22.0. The summed E-state index contributed by atoms with van der Waals surface area (Å²) in [4.78, 5) is 29.1. The van der Waals surface area contributed by atoms with Gasteiger partial charge < -0.3 is 23.5 Å². The molecule has 37 heavy (non-hydrogen) atoms. The first kappa shape index (κ1) is 25.6. The number of halogens is 1. The zero-order chi connectivity index (χ0) is 25.9. The van der Waals surface area contributed by atoms with Gasteiger partial charge in [-0.05, 0) is 55.2 Å². The van der Waals surface area contributed by atoms with Gasteiger partial charge >= 0.3 is 0 Å². The van der Waals surface area contributed by atoms with Crippen molar-refractivity contribution in [2.24, 2.45) is 0 Å². The summed E-state index contributed by atoms with van der Waals surface area (Å²) in [6.07, 6.45) is 6.14. The lowest BCUT2D eigenvalue weighted by molar-refractivity contribution is 0.0486. The van der Waals surface area contributed by atoms with Gasteiger partial charge in [-0.1, -0.05) is 43.9 Å². The molecule has 1 aromatic heterocycles. The van der Waals surface area contributed by atoms with Crippen LogP contribution < -0.4 is 14.9 Å². The molecular weight excluding hydrogens is 494 g/mol. The molecule has 2 aliphatic heterocycles. The van der Waals surface area contributed by atoms with Crippen molar-refractivity contribution in [2.75, 3.05) is 26.9 Å². The Morgan fingerprint density at radius 3 is 2.70 bits per heavy atom. The van der Waals surface area contributed by atoms with Crippen LogP contribution in [0.1, 0.15) is 73.2 Å². The van der Waals surface area contributed by atoms with Gasteiger partial charge in [0.05, 0.1) is 36.8 Å². The highest BCUT2D eigenvalue weighted by Crippen LogP contribution is 2.41. The number of amides is 1. The van der Waals surface area contributed by atoms with Crippen molar-refractivity contribution in [3.8, 4) is 11.5 Å². The van der Waals surface area contributed by atoms with Crippen molar-refractivity contribution in [3.63, 3.8) is 0 Å². The minimum Gasteiger partial charge on any atom is -0.493 e. The zero-order valence-electron chi connectivity index (χ0n) is 21.3. The number of rotatable bonds is 10. The van der Waals surface area contributed by atoms with E-state index in [1.165, 1.54) is 6.42 Å². The summed E-state index contributed by atoms with van der Waals surface area (Å²) in [7, 11) is 1.59. The average molecular weight is 526 g/mol. The lowest BCUT2D eigenvalue weighted by Crippen LogP contribution is -2.36. The smallest absolute Gasteiger partial charge is 0.291 e. The Bertz CT molecular complexity index is 1350. The van der Waals surface area contributed by atoms with Gasteiger partial charge in [0.25, 0.3) is 5.91 Å². The molecule has 0 N–H and O–H groups in total. The summed E-state index contributed by atoms with van der Waals surface area (Å²) in [6.45, 7) is 3.81. The molecule has 0 saturated carbocycles. The molecular formula is C29H32ClNO6. The van der Waals surface area contributed by atoms with Gasteiger partial charge in [-0.25, -0.2) is 0 Å². The number of nitrogens with zero attached hydrogens (tertiary/aromatic N) is 1. The van der Waals surface area contributed by atoms with Crippen LogP contribution in [0.2, 0.25) is 5.02 Å². The van der Waals surface area contributed by atoms with Crippen LogP contribution in [0.5, 0.6) is 11.5 Å². The summed E-state index contributed by atoms with van der Waals surface area (Å²) in [6, 6.07) is 9.80. The standard InChI is InChI=1S/C29H32ClNO6/c1-3-4-5-6-13-36-23-11-9-18(15-24(23)34-2)26-25-27(32)21-16-19(30)10-12-22(21)37-28(25)29(33)31(26)17-20-8-7-14-35-20/h9-12,15-16,20,26H,3-8,13-14,17H2,1-2H3. The molecule has 5 rings (SSSR count). The number of hydrogen-bond acceptors (Lipinski definition) is 6. The van der Waals surface area contributed by atoms with Gasteiger partial charge in [-0.15, -0.1) is 0 Å².